The van der Waals surface area contributed by atoms with Gasteiger partial charge < -0.3 is 10.0 Å². The molecule has 2 heterocycles. The third-order valence-electron chi connectivity index (χ3n) is 4.74. The average Bonchev–Trinajstić information content (AvgIpc) is 3.07. The second-order valence-electron chi connectivity index (χ2n) is 6.24. The molecule has 1 fully saturated rings. The van der Waals surface area contributed by atoms with E-state index in [1.54, 1.807) is 0 Å². The van der Waals surface area contributed by atoms with E-state index < -0.39 is 5.97 Å². The van der Waals surface area contributed by atoms with Crippen LogP contribution in [-0.2, 0) is 6.42 Å². The lowest BCUT2D eigenvalue weighted by molar-refractivity contribution is 0.0690. The number of rotatable bonds is 5. The molecule has 1 aromatic carbocycles. The molecule has 6 nitrogen and oxygen atoms in total. The molecule has 0 unspecified atom stereocenters. The van der Waals surface area contributed by atoms with Gasteiger partial charge in [-0.15, -0.1) is 15.0 Å². The number of aromatic nitrogens is 3. The second kappa shape index (κ2) is 7.03. The maximum atomic E-state index is 11.7. The van der Waals surface area contributed by atoms with E-state index >= 15 is 0 Å². The summed E-state index contributed by atoms with van der Waals surface area (Å²) in [5.74, 6) is -0.532. The van der Waals surface area contributed by atoms with Crippen LogP contribution < -0.4 is 4.90 Å². The summed E-state index contributed by atoms with van der Waals surface area (Å²) in [5.41, 5.74) is 2.05. The molecule has 0 aliphatic carbocycles. The Morgan fingerprint density at radius 2 is 1.96 bits per heavy atom. The molecule has 0 bridgehead atoms. The van der Waals surface area contributed by atoms with Crippen LogP contribution in [0.15, 0.2) is 24.3 Å². The van der Waals surface area contributed by atoms with E-state index in [4.69, 9.17) is 0 Å². The number of aryl methyl sites for hydroxylation is 1. The Morgan fingerprint density at radius 1 is 1.21 bits per heavy atom. The van der Waals surface area contributed by atoms with Crippen LogP contribution >= 0.6 is 0 Å². The van der Waals surface area contributed by atoms with Gasteiger partial charge in [0.15, 0.2) is 5.82 Å². The number of carboxylic acids is 1. The van der Waals surface area contributed by atoms with E-state index in [1.807, 2.05) is 24.3 Å². The summed E-state index contributed by atoms with van der Waals surface area (Å²) in [4.78, 5) is 15.2. The average molecular weight is 328 g/mol. The molecule has 0 spiro atoms. The van der Waals surface area contributed by atoms with Gasteiger partial charge in [-0.2, -0.15) is 0 Å². The van der Waals surface area contributed by atoms with E-state index in [2.05, 4.69) is 28.9 Å². The van der Waals surface area contributed by atoms with Crippen LogP contribution in [0.3, 0.4) is 0 Å². The normalized spacial score (nSPS) is 17.9. The van der Waals surface area contributed by atoms with E-state index in [0.717, 1.165) is 37.9 Å². The molecule has 1 saturated heterocycles. The number of aromatic carboxylic acids is 1. The molecule has 0 amide bonds. The van der Waals surface area contributed by atoms with Gasteiger partial charge in [-0.05, 0) is 49.8 Å². The Morgan fingerprint density at radius 3 is 2.58 bits per heavy atom. The molecule has 1 atom stereocenters. The zero-order chi connectivity index (χ0) is 17.1. The van der Waals surface area contributed by atoms with Crippen molar-refractivity contribution in [3.63, 3.8) is 0 Å². The molecule has 1 N–H and O–H groups in total. The zero-order valence-corrected chi connectivity index (χ0v) is 14.3. The Labute approximate surface area is 142 Å². The number of hydrogen-bond donors (Lipinski definition) is 1. The molecule has 0 radical (unpaired) electrons. The van der Waals surface area contributed by atoms with Gasteiger partial charge in [0.05, 0.1) is 5.69 Å². The van der Waals surface area contributed by atoms with Gasteiger partial charge in [0.1, 0.15) is 0 Å². The van der Waals surface area contributed by atoms with Crippen LogP contribution in [-0.4, -0.2) is 38.7 Å². The van der Waals surface area contributed by atoms with E-state index in [9.17, 15) is 9.90 Å². The van der Waals surface area contributed by atoms with E-state index in [1.165, 1.54) is 16.8 Å². The maximum absolute atomic E-state index is 11.7. The van der Waals surface area contributed by atoms with Gasteiger partial charge in [-0.1, -0.05) is 26.0 Å². The standard InChI is InChI=1S/C18H24N4O2/c1-3-13-8-10-15(11-9-13)22-19-16(18(23)24)17(20-22)21-12-6-5-7-14(21)4-2/h8-11,14H,3-7,12H2,1-2H3,(H,23,24)/t14-/m0/s1. The Bertz CT molecular complexity index is 708. The molecule has 2 aromatic rings. The van der Waals surface area contributed by atoms with Crippen LogP contribution in [0.1, 0.15) is 55.6 Å². The molecule has 6 heteroatoms. The predicted molar refractivity (Wildman–Crippen MR) is 93.0 cm³/mol. The monoisotopic (exact) mass is 328 g/mol. The molecular formula is C18H24N4O2. The SMILES string of the molecule is CCc1ccc(-n2nc(C(=O)O)c(N3CCCC[C@@H]3CC)n2)cc1. The minimum absolute atomic E-state index is 0.0370. The van der Waals surface area contributed by atoms with Crippen molar-refractivity contribution < 1.29 is 9.90 Å². The van der Waals surface area contributed by atoms with Crippen LogP contribution in [0.5, 0.6) is 0 Å². The van der Waals surface area contributed by atoms with Crippen molar-refractivity contribution in [3.05, 3.63) is 35.5 Å². The molecule has 24 heavy (non-hydrogen) atoms. The first kappa shape index (κ1) is 16.5. The fourth-order valence-corrected chi connectivity index (χ4v) is 3.32. The van der Waals surface area contributed by atoms with Gasteiger partial charge in [-0.25, -0.2) is 4.79 Å². The van der Waals surface area contributed by atoms with Crippen molar-refractivity contribution in [3.8, 4) is 5.69 Å². The number of piperidine rings is 1. The minimum atomic E-state index is -1.03. The predicted octanol–water partition coefficient (Wildman–Crippen LogP) is 3.30. The molecule has 1 aliphatic heterocycles. The first-order valence-corrected chi connectivity index (χ1v) is 8.70. The van der Waals surface area contributed by atoms with Crippen LogP contribution in [0, 0.1) is 0 Å². The van der Waals surface area contributed by atoms with Crippen molar-refractivity contribution >= 4 is 11.8 Å². The summed E-state index contributed by atoms with van der Waals surface area (Å²) in [7, 11) is 0. The maximum Gasteiger partial charge on any atom is 0.360 e. The third kappa shape index (κ3) is 3.13. The minimum Gasteiger partial charge on any atom is -0.476 e. The molecule has 128 valence electrons. The number of carbonyl (C=O) groups is 1. The van der Waals surface area contributed by atoms with Crippen LogP contribution in [0.4, 0.5) is 5.82 Å². The van der Waals surface area contributed by atoms with Crippen LogP contribution in [0.25, 0.3) is 5.69 Å². The van der Waals surface area contributed by atoms with Crippen molar-refractivity contribution in [2.24, 2.45) is 0 Å². The lowest BCUT2D eigenvalue weighted by Crippen LogP contribution is -2.40. The smallest absolute Gasteiger partial charge is 0.360 e. The fraction of sp³-hybridized carbons (Fsp3) is 0.500. The summed E-state index contributed by atoms with van der Waals surface area (Å²) in [6, 6.07) is 8.25. The highest BCUT2D eigenvalue weighted by Gasteiger charge is 2.29. The quantitative estimate of drug-likeness (QED) is 0.912. The van der Waals surface area contributed by atoms with E-state index in [-0.39, 0.29) is 5.69 Å². The third-order valence-corrected chi connectivity index (χ3v) is 4.74. The van der Waals surface area contributed by atoms with Crippen molar-refractivity contribution in [1.82, 2.24) is 15.0 Å². The number of hydrogen-bond acceptors (Lipinski definition) is 4. The lowest BCUT2D eigenvalue weighted by atomic mass is 10.00. The highest BCUT2D eigenvalue weighted by Crippen LogP contribution is 2.27. The number of benzene rings is 1. The zero-order valence-electron chi connectivity index (χ0n) is 14.3. The summed E-state index contributed by atoms with van der Waals surface area (Å²) < 4.78 is 0. The first-order chi connectivity index (χ1) is 11.6. The summed E-state index contributed by atoms with van der Waals surface area (Å²) in [6.07, 6.45) is 5.27. The van der Waals surface area contributed by atoms with Gasteiger partial charge in [0, 0.05) is 12.6 Å². The van der Waals surface area contributed by atoms with Crippen molar-refractivity contribution in [2.75, 3.05) is 11.4 Å². The van der Waals surface area contributed by atoms with Gasteiger partial charge in [-0.3, -0.25) is 0 Å². The summed E-state index contributed by atoms with van der Waals surface area (Å²) in [5, 5.41) is 18.3. The largest absolute Gasteiger partial charge is 0.476 e. The highest BCUT2D eigenvalue weighted by atomic mass is 16.4. The van der Waals surface area contributed by atoms with Gasteiger partial charge >= 0.3 is 5.97 Å². The number of nitrogens with zero attached hydrogens (tertiary/aromatic N) is 4. The Kier molecular flexibility index (Phi) is 4.83. The molecule has 3 rings (SSSR count). The lowest BCUT2D eigenvalue weighted by Gasteiger charge is -2.35. The first-order valence-electron chi connectivity index (χ1n) is 8.70. The number of anilines is 1. The molecule has 1 aliphatic rings. The Balaban J connectivity index is 1.99. The van der Waals surface area contributed by atoms with E-state index in [0.29, 0.717) is 11.9 Å². The molecule has 1 aromatic heterocycles. The summed E-state index contributed by atoms with van der Waals surface area (Å²) >= 11 is 0. The summed E-state index contributed by atoms with van der Waals surface area (Å²) in [6.45, 7) is 5.08. The fourth-order valence-electron chi connectivity index (χ4n) is 3.32. The molecular weight excluding hydrogens is 304 g/mol. The molecule has 0 saturated carbocycles. The van der Waals surface area contributed by atoms with Crippen molar-refractivity contribution in [1.29, 1.82) is 0 Å². The topological polar surface area (TPSA) is 71.2 Å². The van der Waals surface area contributed by atoms with Crippen LogP contribution in [0.2, 0.25) is 0 Å². The van der Waals surface area contributed by atoms with Crippen molar-refractivity contribution in [2.45, 2.75) is 52.0 Å². The second-order valence-corrected chi connectivity index (χ2v) is 6.24. The Hall–Kier alpha value is -2.37. The van der Waals surface area contributed by atoms with Gasteiger partial charge in [0.2, 0.25) is 5.69 Å². The number of carboxylic acid groups (broad SMARTS) is 1. The van der Waals surface area contributed by atoms with Gasteiger partial charge in [0.25, 0.3) is 0 Å². The highest BCUT2D eigenvalue weighted by molar-refractivity contribution is 5.91.